The van der Waals surface area contributed by atoms with E-state index in [9.17, 15) is 0 Å². The van der Waals surface area contributed by atoms with Crippen LogP contribution >= 0.6 is 0 Å². The summed E-state index contributed by atoms with van der Waals surface area (Å²) in [5.74, 6) is 0. The van der Waals surface area contributed by atoms with Gasteiger partial charge in [-0.2, -0.15) is 0 Å². The van der Waals surface area contributed by atoms with Crippen molar-refractivity contribution in [2.45, 2.75) is 26.4 Å². The average molecular weight is 216 g/mol. The number of nitrogens with zero attached hydrogens (tertiary/aromatic N) is 1. The first kappa shape index (κ1) is 10.9. The molecule has 1 aromatic heterocycles. The van der Waals surface area contributed by atoms with Crippen LogP contribution in [-0.4, -0.2) is 5.16 Å². The molecule has 0 amide bonds. The van der Waals surface area contributed by atoms with Crippen LogP contribution in [0.25, 0.3) is 0 Å². The Kier molecular flexibility index (Phi) is 3.72. The van der Waals surface area contributed by atoms with Crippen LogP contribution < -0.4 is 5.32 Å². The van der Waals surface area contributed by atoms with Crippen LogP contribution in [0.5, 0.6) is 0 Å². The molecule has 0 bridgehead atoms. The molecule has 2 rings (SSSR count). The fourth-order valence-corrected chi connectivity index (χ4v) is 1.56. The summed E-state index contributed by atoms with van der Waals surface area (Å²) in [6, 6.07) is 10.5. The highest BCUT2D eigenvalue weighted by atomic mass is 16.5. The molecule has 2 aromatic rings. The van der Waals surface area contributed by atoms with Gasteiger partial charge in [-0.25, -0.2) is 0 Å². The summed E-state index contributed by atoms with van der Waals surface area (Å²) in [6.45, 7) is 3.76. The van der Waals surface area contributed by atoms with Crippen molar-refractivity contribution in [2.24, 2.45) is 0 Å². The lowest BCUT2D eigenvalue weighted by Crippen LogP contribution is -2.12. The Balaban J connectivity index is 1.81. The van der Waals surface area contributed by atoms with Crippen molar-refractivity contribution in [3.8, 4) is 0 Å². The van der Waals surface area contributed by atoms with E-state index in [4.69, 9.17) is 4.52 Å². The van der Waals surface area contributed by atoms with E-state index in [0.717, 1.165) is 25.2 Å². The van der Waals surface area contributed by atoms with Crippen molar-refractivity contribution in [1.82, 2.24) is 10.5 Å². The third-order valence-corrected chi connectivity index (χ3v) is 2.56. The maximum Gasteiger partial charge on any atom is 0.124 e. The predicted molar refractivity (Wildman–Crippen MR) is 62.9 cm³/mol. The molecular weight excluding hydrogens is 200 g/mol. The van der Waals surface area contributed by atoms with Crippen LogP contribution in [0.2, 0.25) is 0 Å². The number of aromatic nitrogens is 1. The number of benzene rings is 1. The van der Waals surface area contributed by atoms with Crippen LogP contribution in [0.1, 0.15) is 23.7 Å². The summed E-state index contributed by atoms with van der Waals surface area (Å²) in [5, 5.41) is 7.16. The van der Waals surface area contributed by atoms with Gasteiger partial charge in [0.1, 0.15) is 6.26 Å². The van der Waals surface area contributed by atoms with Crippen LogP contribution in [0.3, 0.4) is 0 Å². The predicted octanol–water partition coefficient (Wildman–Crippen LogP) is 2.53. The van der Waals surface area contributed by atoms with E-state index < -0.39 is 0 Å². The topological polar surface area (TPSA) is 38.1 Å². The Hall–Kier alpha value is -1.61. The second kappa shape index (κ2) is 5.47. The second-order valence-electron chi connectivity index (χ2n) is 3.76. The second-order valence-corrected chi connectivity index (χ2v) is 3.76. The SMILES string of the molecule is CCc1ccc(CNCc2ccon2)cc1. The number of aryl methyl sites for hydroxylation is 1. The normalized spacial score (nSPS) is 10.6. The zero-order valence-corrected chi connectivity index (χ0v) is 9.44. The summed E-state index contributed by atoms with van der Waals surface area (Å²) in [7, 11) is 0. The number of rotatable bonds is 5. The lowest BCUT2D eigenvalue weighted by Gasteiger charge is -2.03. The van der Waals surface area contributed by atoms with Crippen molar-refractivity contribution in [2.75, 3.05) is 0 Å². The van der Waals surface area contributed by atoms with Crippen molar-refractivity contribution >= 4 is 0 Å². The molecule has 1 heterocycles. The van der Waals surface area contributed by atoms with Gasteiger partial charge < -0.3 is 9.84 Å². The quantitative estimate of drug-likeness (QED) is 0.834. The largest absolute Gasteiger partial charge is 0.364 e. The van der Waals surface area contributed by atoms with E-state index in [0.29, 0.717) is 0 Å². The molecule has 84 valence electrons. The Morgan fingerprint density at radius 3 is 2.44 bits per heavy atom. The zero-order valence-electron chi connectivity index (χ0n) is 9.44. The fourth-order valence-electron chi connectivity index (χ4n) is 1.56. The van der Waals surface area contributed by atoms with Gasteiger partial charge in [0.25, 0.3) is 0 Å². The lowest BCUT2D eigenvalue weighted by atomic mass is 10.1. The van der Waals surface area contributed by atoms with Crippen molar-refractivity contribution in [1.29, 1.82) is 0 Å². The molecule has 0 aliphatic rings. The molecule has 0 aliphatic carbocycles. The maximum absolute atomic E-state index is 4.76. The van der Waals surface area contributed by atoms with E-state index >= 15 is 0 Å². The number of hydrogen-bond donors (Lipinski definition) is 1. The van der Waals surface area contributed by atoms with Gasteiger partial charge in [-0.05, 0) is 17.5 Å². The Morgan fingerprint density at radius 2 is 1.81 bits per heavy atom. The Bertz CT molecular complexity index is 406. The molecule has 3 nitrogen and oxygen atoms in total. The third-order valence-electron chi connectivity index (χ3n) is 2.56. The molecule has 0 saturated carbocycles. The van der Waals surface area contributed by atoms with E-state index in [2.05, 4.69) is 41.7 Å². The monoisotopic (exact) mass is 216 g/mol. The lowest BCUT2D eigenvalue weighted by molar-refractivity contribution is 0.408. The molecule has 1 N–H and O–H groups in total. The van der Waals surface area contributed by atoms with E-state index in [1.165, 1.54) is 11.1 Å². The highest BCUT2D eigenvalue weighted by Gasteiger charge is 1.96. The van der Waals surface area contributed by atoms with Gasteiger partial charge in [0.2, 0.25) is 0 Å². The van der Waals surface area contributed by atoms with Gasteiger partial charge in [-0.3, -0.25) is 0 Å². The Labute approximate surface area is 95.5 Å². The summed E-state index contributed by atoms with van der Waals surface area (Å²) >= 11 is 0. The van der Waals surface area contributed by atoms with Gasteiger partial charge in [0.05, 0.1) is 5.69 Å². The van der Waals surface area contributed by atoms with Crippen LogP contribution in [0.4, 0.5) is 0 Å². The summed E-state index contributed by atoms with van der Waals surface area (Å²) in [5.41, 5.74) is 3.60. The van der Waals surface area contributed by atoms with E-state index in [-0.39, 0.29) is 0 Å². The minimum absolute atomic E-state index is 0.742. The molecule has 16 heavy (non-hydrogen) atoms. The van der Waals surface area contributed by atoms with Crippen LogP contribution in [0, 0.1) is 0 Å². The molecule has 0 aliphatic heterocycles. The van der Waals surface area contributed by atoms with Crippen LogP contribution in [-0.2, 0) is 19.5 Å². The smallest absolute Gasteiger partial charge is 0.124 e. The third kappa shape index (κ3) is 2.94. The summed E-state index contributed by atoms with van der Waals surface area (Å²) < 4.78 is 4.76. The van der Waals surface area contributed by atoms with Gasteiger partial charge in [0, 0.05) is 19.2 Å². The zero-order chi connectivity index (χ0) is 11.2. The molecule has 1 aromatic carbocycles. The van der Waals surface area contributed by atoms with Gasteiger partial charge in [0.15, 0.2) is 0 Å². The van der Waals surface area contributed by atoms with Crippen molar-refractivity contribution < 1.29 is 4.52 Å². The van der Waals surface area contributed by atoms with Crippen molar-refractivity contribution in [3.63, 3.8) is 0 Å². The van der Waals surface area contributed by atoms with E-state index in [1.54, 1.807) is 6.26 Å². The molecule has 0 atom stereocenters. The van der Waals surface area contributed by atoms with Gasteiger partial charge >= 0.3 is 0 Å². The van der Waals surface area contributed by atoms with Crippen LogP contribution in [0.15, 0.2) is 41.1 Å². The van der Waals surface area contributed by atoms with Crippen molar-refractivity contribution in [3.05, 3.63) is 53.4 Å². The van der Waals surface area contributed by atoms with Gasteiger partial charge in [-0.15, -0.1) is 0 Å². The average Bonchev–Trinajstić information content (AvgIpc) is 2.83. The number of hydrogen-bond acceptors (Lipinski definition) is 3. The molecule has 0 unspecified atom stereocenters. The number of nitrogens with one attached hydrogen (secondary N) is 1. The highest BCUT2D eigenvalue weighted by Crippen LogP contribution is 2.05. The first-order valence-corrected chi connectivity index (χ1v) is 5.56. The molecule has 0 spiro atoms. The fraction of sp³-hybridized carbons (Fsp3) is 0.308. The standard InChI is InChI=1S/C13H16N2O/c1-2-11-3-5-12(6-4-11)9-14-10-13-7-8-16-15-13/h3-8,14H,2,9-10H2,1H3. The molecule has 0 radical (unpaired) electrons. The summed E-state index contributed by atoms with van der Waals surface area (Å²) in [4.78, 5) is 0. The first-order valence-electron chi connectivity index (χ1n) is 5.56. The highest BCUT2D eigenvalue weighted by molar-refractivity contribution is 5.22. The minimum atomic E-state index is 0.742. The minimum Gasteiger partial charge on any atom is -0.364 e. The maximum atomic E-state index is 4.76. The summed E-state index contributed by atoms with van der Waals surface area (Å²) in [6.07, 6.45) is 2.68. The van der Waals surface area contributed by atoms with Gasteiger partial charge in [-0.1, -0.05) is 36.3 Å². The van der Waals surface area contributed by atoms with E-state index in [1.807, 2.05) is 6.07 Å². The molecule has 3 heteroatoms. The Morgan fingerprint density at radius 1 is 1.06 bits per heavy atom. The molecule has 0 fully saturated rings. The first-order chi connectivity index (χ1) is 7.88. The molecule has 0 saturated heterocycles. The molecular formula is C13H16N2O.